The van der Waals surface area contributed by atoms with Crippen LogP contribution < -0.4 is 5.32 Å². The SMILES string of the molecule is CCCCN(Cc1ccc2c(c1)CCC(=O)N2)Cc1c(Cl)nc(-c2ccccc2C)n1CCCC. The van der Waals surface area contributed by atoms with Crippen LogP contribution in [0.1, 0.15) is 68.3 Å². The molecule has 6 heteroatoms. The fourth-order valence-corrected chi connectivity index (χ4v) is 5.04. The van der Waals surface area contributed by atoms with E-state index in [4.69, 9.17) is 16.6 Å². The third-order valence-corrected chi connectivity index (χ3v) is 7.12. The largest absolute Gasteiger partial charge is 0.326 e. The van der Waals surface area contributed by atoms with Crippen molar-refractivity contribution in [2.45, 2.75) is 78.9 Å². The number of rotatable bonds is 11. The van der Waals surface area contributed by atoms with Crippen LogP contribution in [0.15, 0.2) is 42.5 Å². The summed E-state index contributed by atoms with van der Waals surface area (Å²) in [6, 6.07) is 14.8. The van der Waals surface area contributed by atoms with Crippen LogP contribution in [-0.2, 0) is 30.8 Å². The number of unbranched alkanes of at least 4 members (excludes halogenated alkanes) is 2. The second kappa shape index (κ2) is 11.9. The summed E-state index contributed by atoms with van der Waals surface area (Å²) >= 11 is 6.82. The van der Waals surface area contributed by atoms with Crippen LogP contribution in [0.4, 0.5) is 5.69 Å². The molecule has 35 heavy (non-hydrogen) atoms. The van der Waals surface area contributed by atoms with Gasteiger partial charge in [0.2, 0.25) is 5.91 Å². The van der Waals surface area contributed by atoms with Gasteiger partial charge in [0.1, 0.15) is 5.82 Å². The fraction of sp³-hybridized carbons (Fsp3) is 0.448. The van der Waals surface area contributed by atoms with Crippen molar-refractivity contribution >= 4 is 23.2 Å². The number of halogens is 1. The van der Waals surface area contributed by atoms with E-state index in [1.807, 2.05) is 0 Å². The van der Waals surface area contributed by atoms with Crippen LogP contribution in [0.3, 0.4) is 0 Å². The molecule has 1 amide bonds. The van der Waals surface area contributed by atoms with Crippen LogP contribution in [0.5, 0.6) is 0 Å². The molecule has 0 saturated carbocycles. The van der Waals surface area contributed by atoms with E-state index >= 15 is 0 Å². The summed E-state index contributed by atoms with van der Waals surface area (Å²) in [6.45, 7) is 10.1. The molecule has 0 bridgehead atoms. The summed E-state index contributed by atoms with van der Waals surface area (Å²) in [6.07, 6.45) is 5.84. The monoisotopic (exact) mass is 492 g/mol. The van der Waals surface area contributed by atoms with Gasteiger partial charge < -0.3 is 9.88 Å². The van der Waals surface area contributed by atoms with Gasteiger partial charge >= 0.3 is 0 Å². The average molecular weight is 493 g/mol. The summed E-state index contributed by atoms with van der Waals surface area (Å²) in [4.78, 5) is 19.1. The summed E-state index contributed by atoms with van der Waals surface area (Å²) in [5.41, 5.74) is 6.90. The average Bonchev–Trinajstić information content (AvgIpc) is 3.16. The molecule has 0 unspecified atom stereocenters. The molecule has 0 radical (unpaired) electrons. The maximum atomic E-state index is 11.7. The van der Waals surface area contributed by atoms with Crippen molar-refractivity contribution in [2.24, 2.45) is 0 Å². The minimum absolute atomic E-state index is 0.106. The molecular weight excluding hydrogens is 456 g/mol. The van der Waals surface area contributed by atoms with Gasteiger partial charge in [-0.25, -0.2) is 4.98 Å². The highest BCUT2D eigenvalue weighted by Crippen LogP contribution is 2.30. The zero-order valence-corrected chi connectivity index (χ0v) is 22.0. The molecule has 3 aromatic rings. The van der Waals surface area contributed by atoms with Crippen molar-refractivity contribution in [1.82, 2.24) is 14.5 Å². The Morgan fingerprint density at radius 1 is 1.06 bits per heavy atom. The number of hydrogen-bond donors (Lipinski definition) is 1. The van der Waals surface area contributed by atoms with Crippen molar-refractivity contribution < 1.29 is 4.79 Å². The van der Waals surface area contributed by atoms with Gasteiger partial charge in [-0.15, -0.1) is 0 Å². The number of benzene rings is 2. The van der Waals surface area contributed by atoms with Gasteiger partial charge in [-0.2, -0.15) is 0 Å². The molecule has 1 aliphatic rings. The van der Waals surface area contributed by atoms with Gasteiger partial charge in [0.05, 0.1) is 5.69 Å². The van der Waals surface area contributed by atoms with E-state index in [0.29, 0.717) is 11.6 Å². The molecule has 1 N–H and O–H groups in total. The quantitative estimate of drug-likeness (QED) is 0.313. The number of aryl methyl sites for hydroxylation is 2. The summed E-state index contributed by atoms with van der Waals surface area (Å²) in [7, 11) is 0. The number of carbonyl (C=O) groups excluding carboxylic acids is 1. The first-order valence-electron chi connectivity index (χ1n) is 12.9. The van der Waals surface area contributed by atoms with Crippen LogP contribution >= 0.6 is 11.6 Å². The van der Waals surface area contributed by atoms with Crippen LogP contribution in [0.25, 0.3) is 11.4 Å². The minimum atomic E-state index is 0.106. The first kappa shape index (κ1) is 25.5. The van der Waals surface area contributed by atoms with E-state index in [9.17, 15) is 4.79 Å². The number of imidazole rings is 1. The molecule has 1 aliphatic heterocycles. The smallest absolute Gasteiger partial charge is 0.224 e. The summed E-state index contributed by atoms with van der Waals surface area (Å²) in [5.74, 6) is 1.07. The van der Waals surface area contributed by atoms with Gasteiger partial charge in [0.15, 0.2) is 5.15 Å². The lowest BCUT2D eigenvalue weighted by atomic mass is 10.00. The van der Waals surface area contributed by atoms with Crippen LogP contribution in [-0.4, -0.2) is 26.9 Å². The topological polar surface area (TPSA) is 50.2 Å². The molecule has 2 heterocycles. The predicted molar refractivity (Wildman–Crippen MR) is 145 cm³/mol. The molecular formula is C29H37ClN4O. The number of carbonyl (C=O) groups is 1. The van der Waals surface area contributed by atoms with E-state index in [2.05, 4.69) is 78.0 Å². The van der Waals surface area contributed by atoms with Crippen LogP contribution in [0, 0.1) is 6.92 Å². The standard InChI is InChI=1S/C29H37ClN4O/c1-4-6-16-33(19-22-12-14-25-23(18-22)13-15-27(35)31-25)20-26-28(30)32-29(34(26)17-7-5-2)24-11-9-8-10-21(24)3/h8-12,14,18H,4-7,13,15-17,19-20H2,1-3H3,(H,31,35). The number of amides is 1. The number of anilines is 1. The zero-order chi connectivity index (χ0) is 24.8. The van der Waals surface area contributed by atoms with E-state index in [1.54, 1.807) is 0 Å². The maximum Gasteiger partial charge on any atom is 0.224 e. The molecule has 5 nitrogen and oxygen atoms in total. The fourth-order valence-electron chi connectivity index (χ4n) is 4.79. The first-order chi connectivity index (χ1) is 17.0. The minimum Gasteiger partial charge on any atom is -0.326 e. The molecule has 4 rings (SSSR count). The van der Waals surface area contributed by atoms with Crippen molar-refractivity contribution in [3.05, 3.63) is 70.0 Å². The molecule has 0 saturated heterocycles. The Kier molecular flexibility index (Phi) is 8.64. The Labute approximate surface area is 214 Å². The Morgan fingerprint density at radius 3 is 2.63 bits per heavy atom. The van der Waals surface area contributed by atoms with Crippen LogP contribution in [0.2, 0.25) is 5.15 Å². The van der Waals surface area contributed by atoms with E-state index in [0.717, 1.165) is 81.1 Å². The molecule has 186 valence electrons. The lowest BCUT2D eigenvalue weighted by Crippen LogP contribution is -2.26. The predicted octanol–water partition coefficient (Wildman–Crippen LogP) is 7.00. The molecule has 2 aromatic carbocycles. The molecule has 0 aliphatic carbocycles. The number of fused-ring (bicyclic) bond motifs is 1. The van der Waals surface area contributed by atoms with Crippen molar-refractivity contribution in [2.75, 3.05) is 11.9 Å². The van der Waals surface area contributed by atoms with E-state index < -0.39 is 0 Å². The lowest BCUT2D eigenvalue weighted by molar-refractivity contribution is -0.116. The van der Waals surface area contributed by atoms with Gasteiger partial charge in [-0.3, -0.25) is 9.69 Å². The molecule has 1 aromatic heterocycles. The summed E-state index contributed by atoms with van der Waals surface area (Å²) in [5, 5.41) is 3.60. The molecule has 0 fully saturated rings. The Balaban J connectivity index is 1.63. The van der Waals surface area contributed by atoms with E-state index in [-0.39, 0.29) is 5.91 Å². The first-order valence-corrected chi connectivity index (χ1v) is 13.3. The lowest BCUT2D eigenvalue weighted by Gasteiger charge is -2.25. The molecule has 0 spiro atoms. The van der Waals surface area contributed by atoms with Gasteiger partial charge in [0, 0.05) is 37.3 Å². The molecule has 0 atom stereocenters. The van der Waals surface area contributed by atoms with Gasteiger partial charge in [-0.05, 0) is 55.5 Å². The highest BCUT2D eigenvalue weighted by Gasteiger charge is 2.21. The Hall–Kier alpha value is -2.63. The Bertz CT molecular complexity index is 1170. The maximum absolute atomic E-state index is 11.7. The third kappa shape index (κ3) is 6.14. The van der Waals surface area contributed by atoms with Crippen molar-refractivity contribution in [3.8, 4) is 11.4 Å². The van der Waals surface area contributed by atoms with Gasteiger partial charge in [0.25, 0.3) is 0 Å². The third-order valence-electron chi connectivity index (χ3n) is 6.82. The number of nitrogens with zero attached hydrogens (tertiary/aromatic N) is 3. The Morgan fingerprint density at radius 2 is 1.86 bits per heavy atom. The highest BCUT2D eigenvalue weighted by molar-refractivity contribution is 6.30. The zero-order valence-electron chi connectivity index (χ0n) is 21.2. The number of aromatic nitrogens is 2. The van der Waals surface area contributed by atoms with Gasteiger partial charge in [-0.1, -0.05) is 74.7 Å². The second-order valence-corrected chi connectivity index (χ2v) is 9.95. The van der Waals surface area contributed by atoms with Crippen molar-refractivity contribution in [3.63, 3.8) is 0 Å². The van der Waals surface area contributed by atoms with Crippen molar-refractivity contribution in [1.29, 1.82) is 0 Å². The highest BCUT2D eigenvalue weighted by atomic mass is 35.5. The number of nitrogens with one attached hydrogen (secondary N) is 1. The van der Waals surface area contributed by atoms with E-state index in [1.165, 1.54) is 16.7 Å². The normalized spacial score (nSPS) is 13.2. The number of hydrogen-bond acceptors (Lipinski definition) is 3. The summed E-state index contributed by atoms with van der Waals surface area (Å²) < 4.78 is 2.34. The second-order valence-electron chi connectivity index (χ2n) is 9.60.